The Morgan fingerprint density at radius 1 is 1.22 bits per heavy atom. The van der Waals surface area contributed by atoms with Crippen LogP contribution in [0.4, 0.5) is 5.69 Å². The molecular formula is C15H25N3. The third kappa shape index (κ3) is 5.71. The lowest BCUT2D eigenvalue weighted by Crippen LogP contribution is -2.22. The molecule has 0 aliphatic carbocycles. The monoisotopic (exact) mass is 247 g/mol. The molecule has 0 fully saturated rings. The van der Waals surface area contributed by atoms with Crippen molar-refractivity contribution in [2.45, 2.75) is 46.0 Å². The topological polar surface area (TPSA) is 50.4 Å². The van der Waals surface area contributed by atoms with Crippen LogP contribution in [0.3, 0.4) is 0 Å². The van der Waals surface area contributed by atoms with Gasteiger partial charge in [0, 0.05) is 12.2 Å². The normalized spacial score (nSPS) is 11.6. The number of aryl methyl sites for hydroxylation is 1. The Hall–Kier alpha value is -1.51. The molecule has 0 unspecified atom stereocenters. The van der Waals surface area contributed by atoms with E-state index in [1.165, 1.54) is 24.8 Å². The summed E-state index contributed by atoms with van der Waals surface area (Å²) in [4.78, 5) is 4.33. The highest BCUT2D eigenvalue weighted by atomic mass is 15.1. The Labute approximate surface area is 111 Å². The molecule has 3 N–H and O–H groups in total. The molecule has 0 heterocycles. The third-order valence-corrected chi connectivity index (χ3v) is 2.90. The number of hydrogen-bond donors (Lipinski definition) is 2. The van der Waals surface area contributed by atoms with Crippen molar-refractivity contribution >= 4 is 11.6 Å². The number of nitrogens with zero attached hydrogens (tertiary/aromatic N) is 1. The summed E-state index contributed by atoms with van der Waals surface area (Å²) < 4.78 is 0. The van der Waals surface area contributed by atoms with Crippen LogP contribution in [0.1, 0.15) is 45.1 Å². The zero-order valence-corrected chi connectivity index (χ0v) is 11.6. The number of unbranched alkanes of at least 4 members (excludes halogenated alkanes) is 3. The molecule has 0 atom stereocenters. The van der Waals surface area contributed by atoms with Gasteiger partial charge in [0.2, 0.25) is 0 Å². The molecule has 0 aliphatic rings. The van der Waals surface area contributed by atoms with Gasteiger partial charge in [-0.3, -0.25) is 4.99 Å². The van der Waals surface area contributed by atoms with Gasteiger partial charge in [0.25, 0.3) is 0 Å². The number of nitrogens with one attached hydrogen (secondary N) is 1. The molecule has 3 heteroatoms. The predicted molar refractivity (Wildman–Crippen MR) is 80.1 cm³/mol. The van der Waals surface area contributed by atoms with Gasteiger partial charge in [0.15, 0.2) is 5.96 Å². The summed E-state index contributed by atoms with van der Waals surface area (Å²) in [5.41, 5.74) is 8.17. The van der Waals surface area contributed by atoms with Crippen LogP contribution in [0.25, 0.3) is 0 Å². The molecule has 1 rings (SSSR count). The Morgan fingerprint density at radius 2 is 2.06 bits per heavy atom. The highest BCUT2D eigenvalue weighted by molar-refractivity contribution is 5.92. The number of rotatable bonds is 7. The van der Waals surface area contributed by atoms with Crippen molar-refractivity contribution in [3.63, 3.8) is 0 Å². The standard InChI is InChI=1S/C15H25N3/c1-3-5-6-7-11-17-15(16)18-14-10-8-9-13(4-2)12-14/h8-10,12H,3-7,11H2,1-2H3,(H3,16,17,18). The molecule has 18 heavy (non-hydrogen) atoms. The second-order valence-corrected chi connectivity index (χ2v) is 4.51. The van der Waals surface area contributed by atoms with Crippen molar-refractivity contribution in [1.82, 2.24) is 0 Å². The van der Waals surface area contributed by atoms with Crippen LogP contribution in [0.15, 0.2) is 29.3 Å². The molecule has 0 aromatic heterocycles. The van der Waals surface area contributed by atoms with Gasteiger partial charge in [-0.1, -0.05) is 45.2 Å². The average Bonchev–Trinajstić information content (AvgIpc) is 2.38. The van der Waals surface area contributed by atoms with E-state index in [2.05, 4.69) is 36.3 Å². The maximum absolute atomic E-state index is 5.85. The van der Waals surface area contributed by atoms with Crippen LogP contribution in [0, 0.1) is 0 Å². The molecule has 0 saturated carbocycles. The van der Waals surface area contributed by atoms with Gasteiger partial charge in [-0.15, -0.1) is 0 Å². The van der Waals surface area contributed by atoms with Gasteiger partial charge >= 0.3 is 0 Å². The van der Waals surface area contributed by atoms with Crippen molar-refractivity contribution < 1.29 is 0 Å². The Balaban J connectivity index is 2.38. The van der Waals surface area contributed by atoms with Gasteiger partial charge in [-0.25, -0.2) is 0 Å². The van der Waals surface area contributed by atoms with Crippen LogP contribution in [-0.2, 0) is 6.42 Å². The van der Waals surface area contributed by atoms with E-state index in [1.54, 1.807) is 0 Å². The summed E-state index contributed by atoms with van der Waals surface area (Å²) in [6.07, 6.45) is 5.91. The van der Waals surface area contributed by atoms with Crippen molar-refractivity contribution in [3.8, 4) is 0 Å². The Kier molecular flexibility index (Phi) is 6.92. The first-order chi connectivity index (χ1) is 8.76. The molecule has 3 nitrogen and oxygen atoms in total. The number of hydrogen-bond acceptors (Lipinski definition) is 1. The largest absolute Gasteiger partial charge is 0.370 e. The minimum absolute atomic E-state index is 0.514. The quantitative estimate of drug-likeness (QED) is 0.440. The van der Waals surface area contributed by atoms with Crippen LogP contribution in [0.2, 0.25) is 0 Å². The van der Waals surface area contributed by atoms with E-state index in [4.69, 9.17) is 5.73 Å². The Morgan fingerprint density at radius 3 is 2.78 bits per heavy atom. The minimum atomic E-state index is 0.514. The number of nitrogens with two attached hydrogens (primary N) is 1. The highest BCUT2D eigenvalue weighted by Gasteiger charge is 1.96. The number of aliphatic imine (C=N–C) groups is 1. The van der Waals surface area contributed by atoms with Crippen molar-refractivity contribution in [1.29, 1.82) is 0 Å². The molecule has 1 aromatic carbocycles. The van der Waals surface area contributed by atoms with Crippen LogP contribution in [0.5, 0.6) is 0 Å². The maximum Gasteiger partial charge on any atom is 0.193 e. The van der Waals surface area contributed by atoms with Gasteiger partial charge < -0.3 is 11.1 Å². The van der Waals surface area contributed by atoms with E-state index in [9.17, 15) is 0 Å². The minimum Gasteiger partial charge on any atom is -0.370 e. The van der Waals surface area contributed by atoms with Crippen molar-refractivity contribution in [2.75, 3.05) is 11.9 Å². The molecule has 0 amide bonds. The van der Waals surface area contributed by atoms with Crippen molar-refractivity contribution in [2.24, 2.45) is 10.7 Å². The summed E-state index contributed by atoms with van der Waals surface area (Å²) >= 11 is 0. The first-order valence-electron chi connectivity index (χ1n) is 6.92. The summed E-state index contributed by atoms with van der Waals surface area (Å²) in [6, 6.07) is 8.27. The highest BCUT2D eigenvalue weighted by Crippen LogP contribution is 2.10. The van der Waals surface area contributed by atoms with Crippen molar-refractivity contribution in [3.05, 3.63) is 29.8 Å². The van der Waals surface area contributed by atoms with Crippen LogP contribution >= 0.6 is 0 Å². The second kappa shape index (κ2) is 8.56. The maximum atomic E-state index is 5.85. The van der Waals surface area contributed by atoms with E-state index in [0.29, 0.717) is 5.96 Å². The van der Waals surface area contributed by atoms with E-state index in [1.807, 2.05) is 12.1 Å². The number of anilines is 1. The molecule has 1 aromatic rings. The zero-order chi connectivity index (χ0) is 13.2. The number of benzene rings is 1. The van der Waals surface area contributed by atoms with Gasteiger partial charge in [-0.05, 0) is 30.5 Å². The lowest BCUT2D eigenvalue weighted by atomic mass is 10.1. The lowest BCUT2D eigenvalue weighted by molar-refractivity contribution is 0.675. The molecule has 0 saturated heterocycles. The fourth-order valence-electron chi connectivity index (χ4n) is 1.79. The van der Waals surface area contributed by atoms with Gasteiger partial charge in [0.05, 0.1) is 0 Å². The lowest BCUT2D eigenvalue weighted by Gasteiger charge is -2.07. The molecule has 100 valence electrons. The predicted octanol–water partition coefficient (Wildman–Crippen LogP) is 3.56. The van der Waals surface area contributed by atoms with Crippen LogP contribution in [-0.4, -0.2) is 12.5 Å². The smallest absolute Gasteiger partial charge is 0.193 e. The molecule has 0 radical (unpaired) electrons. The summed E-state index contributed by atoms with van der Waals surface area (Å²) in [6.45, 7) is 5.16. The molecule has 0 bridgehead atoms. The summed E-state index contributed by atoms with van der Waals surface area (Å²) in [7, 11) is 0. The zero-order valence-electron chi connectivity index (χ0n) is 11.6. The Bertz CT molecular complexity index is 372. The summed E-state index contributed by atoms with van der Waals surface area (Å²) in [5.74, 6) is 0.514. The summed E-state index contributed by atoms with van der Waals surface area (Å²) in [5, 5.41) is 3.14. The fourth-order valence-corrected chi connectivity index (χ4v) is 1.79. The van der Waals surface area contributed by atoms with Gasteiger partial charge in [0.1, 0.15) is 0 Å². The second-order valence-electron chi connectivity index (χ2n) is 4.51. The van der Waals surface area contributed by atoms with E-state index in [0.717, 1.165) is 25.1 Å². The average molecular weight is 247 g/mol. The third-order valence-electron chi connectivity index (χ3n) is 2.90. The van der Waals surface area contributed by atoms with E-state index >= 15 is 0 Å². The molecule has 0 aliphatic heterocycles. The number of guanidine groups is 1. The molecule has 0 spiro atoms. The first kappa shape index (κ1) is 14.6. The van der Waals surface area contributed by atoms with Crippen LogP contribution < -0.4 is 11.1 Å². The molecular weight excluding hydrogens is 222 g/mol. The van der Waals surface area contributed by atoms with E-state index < -0.39 is 0 Å². The fraction of sp³-hybridized carbons (Fsp3) is 0.533. The first-order valence-corrected chi connectivity index (χ1v) is 6.92. The van der Waals surface area contributed by atoms with E-state index in [-0.39, 0.29) is 0 Å². The SMILES string of the molecule is CCCCCCN=C(N)Nc1cccc(CC)c1. The van der Waals surface area contributed by atoms with Gasteiger partial charge in [-0.2, -0.15) is 0 Å².